The van der Waals surface area contributed by atoms with E-state index in [0.717, 1.165) is 8.58 Å². The predicted molar refractivity (Wildman–Crippen MR) is 95.3 cm³/mol. The van der Waals surface area contributed by atoms with Gasteiger partial charge in [0.1, 0.15) is 0 Å². The van der Waals surface area contributed by atoms with Crippen LogP contribution in [0.15, 0.2) is 30.3 Å². The Balaban J connectivity index is 2.16. The molecule has 0 N–H and O–H groups in total. The van der Waals surface area contributed by atoms with E-state index in [1.54, 1.807) is 18.6 Å². The number of benzene rings is 1. The van der Waals surface area contributed by atoms with Crippen molar-refractivity contribution in [3.05, 3.63) is 30.3 Å². The molecular weight excluding hydrogens is 354 g/mol. The van der Waals surface area contributed by atoms with Crippen LogP contribution in [0, 0.1) is 0 Å². The van der Waals surface area contributed by atoms with E-state index in [-0.39, 0.29) is 0 Å². The first-order chi connectivity index (χ1) is 9.36. The molecule has 2 heteroatoms. The van der Waals surface area contributed by atoms with Gasteiger partial charge in [0.15, 0.2) is 0 Å². The first-order valence-electron chi connectivity index (χ1n) is 8.15. The fourth-order valence-corrected chi connectivity index (χ4v) is 15.2. The van der Waals surface area contributed by atoms with Crippen molar-refractivity contribution in [3.63, 3.8) is 0 Å². The van der Waals surface area contributed by atoms with Crippen LogP contribution in [0.5, 0.6) is 0 Å². The standard InChI is InChI=1S/C9H12P.2C4H9.Sn.H/c1-2-8-10-9-6-4-3-5-7-9;2*1-3-4-2;;/h3-7,10H,1-2,8H2;2*1,3-4H2,2H3;;. The summed E-state index contributed by atoms with van der Waals surface area (Å²) < 4.78 is 5.01. The van der Waals surface area contributed by atoms with Gasteiger partial charge in [-0.25, -0.2) is 0 Å². The molecule has 1 unspecified atom stereocenters. The molecule has 0 heterocycles. The molecule has 0 spiro atoms. The summed E-state index contributed by atoms with van der Waals surface area (Å²) in [5, 5.41) is 1.55. The van der Waals surface area contributed by atoms with Gasteiger partial charge in [-0.15, -0.1) is 0 Å². The fourth-order valence-electron chi connectivity index (χ4n) is 2.60. The molecule has 1 rings (SSSR count). The second kappa shape index (κ2) is 12.2. The fraction of sp³-hybridized carbons (Fsp3) is 0.647. The molecule has 1 aromatic carbocycles. The number of hydrogen-bond donors (Lipinski definition) is 0. The maximum absolute atomic E-state index is 2.35. The normalized spacial score (nSPS) is 11.7. The monoisotopic (exact) mass is 386 g/mol. The number of hydrogen-bond acceptors (Lipinski definition) is 0. The Morgan fingerprint density at radius 3 is 2.00 bits per heavy atom. The van der Waals surface area contributed by atoms with Crippen molar-refractivity contribution in [2.75, 3.05) is 6.16 Å². The van der Waals surface area contributed by atoms with E-state index in [1.807, 2.05) is 0 Å². The van der Waals surface area contributed by atoms with E-state index in [0.29, 0.717) is 0 Å². The molecule has 0 amide bonds. The Morgan fingerprint density at radius 1 is 0.842 bits per heavy atom. The zero-order valence-electron chi connectivity index (χ0n) is 12.8. The van der Waals surface area contributed by atoms with E-state index >= 15 is 0 Å². The van der Waals surface area contributed by atoms with Gasteiger partial charge in [-0.05, 0) is 0 Å². The predicted octanol–water partition coefficient (Wildman–Crippen LogP) is 5.21. The second-order valence-corrected chi connectivity index (χ2v) is 16.9. The Hall–Kier alpha value is 0.449. The van der Waals surface area contributed by atoms with Crippen molar-refractivity contribution in [2.45, 2.75) is 59.3 Å². The maximum atomic E-state index is 2.35. The van der Waals surface area contributed by atoms with Crippen molar-refractivity contribution in [1.82, 2.24) is 0 Å². The van der Waals surface area contributed by atoms with Gasteiger partial charge in [-0.1, -0.05) is 0 Å². The van der Waals surface area contributed by atoms with E-state index in [1.165, 1.54) is 38.3 Å². The van der Waals surface area contributed by atoms with Crippen LogP contribution >= 0.6 is 8.58 Å². The average molecular weight is 385 g/mol. The first-order valence-corrected chi connectivity index (χ1v) is 16.4. The summed E-state index contributed by atoms with van der Waals surface area (Å²) >= 11 is -1.10. The average Bonchev–Trinajstić information content (AvgIpc) is 2.46. The molecule has 0 fully saturated rings. The summed E-state index contributed by atoms with van der Waals surface area (Å²) in [5.41, 5.74) is 0. The molecule has 0 saturated heterocycles. The molecule has 19 heavy (non-hydrogen) atoms. The molecule has 0 nitrogen and oxygen atoms in total. The summed E-state index contributed by atoms with van der Waals surface area (Å²) in [4.78, 5) is 0. The van der Waals surface area contributed by atoms with Gasteiger partial charge in [0, 0.05) is 0 Å². The van der Waals surface area contributed by atoms with Crippen molar-refractivity contribution < 1.29 is 0 Å². The molecule has 0 bridgehead atoms. The van der Waals surface area contributed by atoms with Crippen LogP contribution in [-0.4, -0.2) is 25.9 Å². The van der Waals surface area contributed by atoms with Crippen LogP contribution in [0.2, 0.25) is 13.3 Å². The van der Waals surface area contributed by atoms with Crippen LogP contribution in [0.25, 0.3) is 0 Å². The van der Waals surface area contributed by atoms with Gasteiger partial charge in [0.25, 0.3) is 0 Å². The first kappa shape index (κ1) is 17.5. The topological polar surface area (TPSA) is 0 Å². The van der Waals surface area contributed by atoms with Gasteiger partial charge in [0.2, 0.25) is 0 Å². The zero-order chi connectivity index (χ0) is 13.8. The van der Waals surface area contributed by atoms with Gasteiger partial charge >= 0.3 is 129 Å². The van der Waals surface area contributed by atoms with E-state index in [2.05, 4.69) is 44.2 Å². The molecule has 0 radical (unpaired) electrons. The van der Waals surface area contributed by atoms with E-state index in [4.69, 9.17) is 0 Å². The SMILES string of the molecule is CCC[CH2][SnH]([CH2]CCC)[CH2]CCPc1ccccc1. The Morgan fingerprint density at radius 2 is 1.42 bits per heavy atom. The Kier molecular flexibility index (Phi) is 11.2. The third kappa shape index (κ3) is 9.08. The van der Waals surface area contributed by atoms with Crippen molar-refractivity contribution in [3.8, 4) is 0 Å². The summed E-state index contributed by atoms with van der Waals surface area (Å²) in [6.45, 7) is 4.69. The number of rotatable bonds is 11. The van der Waals surface area contributed by atoms with Crippen LogP contribution in [-0.2, 0) is 0 Å². The molecule has 0 saturated carbocycles. The van der Waals surface area contributed by atoms with Crippen LogP contribution in [0.4, 0.5) is 0 Å². The summed E-state index contributed by atoms with van der Waals surface area (Å²) in [6.07, 6.45) is 8.81. The third-order valence-corrected chi connectivity index (χ3v) is 15.7. The third-order valence-electron chi connectivity index (χ3n) is 3.82. The minimum atomic E-state index is -1.10. The van der Waals surface area contributed by atoms with Gasteiger partial charge < -0.3 is 0 Å². The van der Waals surface area contributed by atoms with Crippen molar-refractivity contribution in [2.24, 2.45) is 0 Å². The Labute approximate surface area is 129 Å². The zero-order valence-corrected chi connectivity index (χ0v) is 17.1. The summed E-state index contributed by atoms with van der Waals surface area (Å²) in [5.74, 6) is 0. The second-order valence-electron chi connectivity index (χ2n) is 5.59. The molecule has 1 atom stereocenters. The molecular formula is C17H31PSn. The summed E-state index contributed by atoms with van der Waals surface area (Å²) in [6, 6.07) is 11.0. The molecule has 0 aromatic heterocycles. The molecule has 0 aliphatic heterocycles. The van der Waals surface area contributed by atoms with Gasteiger partial charge in [-0.2, -0.15) is 0 Å². The van der Waals surface area contributed by atoms with Crippen LogP contribution < -0.4 is 5.30 Å². The van der Waals surface area contributed by atoms with Gasteiger partial charge in [-0.3, -0.25) is 0 Å². The number of unbranched alkanes of at least 4 members (excludes halogenated alkanes) is 2. The van der Waals surface area contributed by atoms with Crippen LogP contribution in [0.3, 0.4) is 0 Å². The van der Waals surface area contributed by atoms with Gasteiger partial charge in [0.05, 0.1) is 0 Å². The molecule has 108 valence electrons. The van der Waals surface area contributed by atoms with Crippen molar-refractivity contribution in [1.29, 1.82) is 0 Å². The Bertz CT molecular complexity index is 291. The van der Waals surface area contributed by atoms with Crippen molar-refractivity contribution >= 4 is 33.6 Å². The van der Waals surface area contributed by atoms with E-state index < -0.39 is 19.8 Å². The summed E-state index contributed by atoms with van der Waals surface area (Å²) in [7, 11) is 1.04. The quantitative estimate of drug-likeness (QED) is 0.279. The molecule has 1 aromatic rings. The minimum absolute atomic E-state index is 1.04. The molecule has 0 aliphatic rings. The van der Waals surface area contributed by atoms with E-state index in [9.17, 15) is 0 Å². The molecule has 0 aliphatic carbocycles. The van der Waals surface area contributed by atoms with Crippen LogP contribution in [0.1, 0.15) is 46.0 Å².